The second kappa shape index (κ2) is 8.59. The van der Waals surface area contributed by atoms with Crippen LogP contribution in [0.4, 0.5) is 4.79 Å². The van der Waals surface area contributed by atoms with Gasteiger partial charge in [0.1, 0.15) is 0 Å². The zero-order valence-electron chi connectivity index (χ0n) is 15.2. The van der Waals surface area contributed by atoms with E-state index in [0.717, 1.165) is 27.1 Å². The molecule has 4 nitrogen and oxygen atoms in total. The molecule has 2 N–H and O–H groups in total. The molecule has 5 heteroatoms. The van der Waals surface area contributed by atoms with Crippen LogP contribution in [-0.4, -0.2) is 6.03 Å². The first kappa shape index (κ1) is 18.1. The number of hydrogen-bond donors (Lipinski definition) is 2. The predicted octanol–water partition coefficient (Wildman–Crippen LogP) is 5.60. The molecule has 2 heterocycles. The van der Waals surface area contributed by atoms with E-state index < -0.39 is 0 Å². The van der Waals surface area contributed by atoms with E-state index in [9.17, 15) is 4.79 Å². The zero-order valence-corrected chi connectivity index (χ0v) is 16.0. The van der Waals surface area contributed by atoms with Crippen LogP contribution in [0.3, 0.4) is 0 Å². The first-order valence-corrected chi connectivity index (χ1v) is 9.92. The Balaban J connectivity index is 1.42. The van der Waals surface area contributed by atoms with Crippen LogP contribution < -0.4 is 10.6 Å². The first-order chi connectivity index (χ1) is 13.8. The maximum atomic E-state index is 12.6. The summed E-state index contributed by atoms with van der Waals surface area (Å²) < 4.78 is 5.13. The highest BCUT2D eigenvalue weighted by Crippen LogP contribution is 2.26. The number of furan rings is 1. The topological polar surface area (TPSA) is 54.3 Å². The third-order valence-electron chi connectivity index (χ3n) is 4.47. The summed E-state index contributed by atoms with van der Waals surface area (Å²) in [5.74, 6) is 0. The van der Waals surface area contributed by atoms with E-state index in [1.54, 1.807) is 23.9 Å². The Morgan fingerprint density at radius 2 is 1.61 bits per heavy atom. The van der Waals surface area contributed by atoms with E-state index >= 15 is 0 Å². The normalized spacial score (nSPS) is 10.8. The molecule has 0 saturated carbocycles. The molecule has 0 bridgehead atoms. The summed E-state index contributed by atoms with van der Waals surface area (Å²) in [5, 5.41) is 8.12. The lowest BCUT2D eigenvalue weighted by molar-refractivity contribution is 0.238. The van der Waals surface area contributed by atoms with Crippen molar-refractivity contribution in [2.45, 2.75) is 12.6 Å². The molecule has 0 unspecified atom stereocenters. The molecule has 4 rings (SSSR count). The van der Waals surface area contributed by atoms with Gasteiger partial charge in [-0.3, -0.25) is 0 Å². The van der Waals surface area contributed by atoms with E-state index in [-0.39, 0.29) is 12.1 Å². The number of nitrogens with one attached hydrogen (secondary N) is 2. The summed E-state index contributed by atoms with van der Waals surface area (Å²) >= 11 is 1.62. The fraction of sp³-hybridized carbons (Fsp3) is 0.0870. The number of carbonyl (C=O) groups excluding carboxylic acids is 1. The SMILES string of the molecule is O=C(NCc1cc(-c2ccoc2)cs1)NC(c1ccccc1)c1ccccc1. The summed E-state index contributed by atoms with van der Waals surface area (Å²) in [7, 11) is 0. The van der Waals surface area contributed by atoms with Crippen LogP contribution >= 0.6 is 11.3 Å². The van der Waals surface area contributed by atoms with Crippen molar-refractivity contribution >= 4 is 17.4 Å². The number of carbonyl (C=O) groups is 1. The van der Waals surface area contributed by atoms with Crippen molar-refractivity contribution in [1.82, 2.24) is 10.6 Å². The van der Waals surface area contributed by atoms with Gasteiger partial charge < -0.3 is 15.1 Å². The molecule has 0 spiro atoms. The Morgan fingerprint density at radius 3 is 2.21 bits per heavy atom. The fourth-order valence-corrected chi connectivity index (χ4v) is 3.89. The van der Waals surface area contributed by atoms with Crippen molar-refractivity contribution in [3.8, 4) is 11.1 Å². The van der Waals surface area contributed by atoms with E-state index in [1.807, 2.05) is 66.7 Å². The number of rotatable bonds is 6. The lowest BCUT2D eigenvalue weighted by Crippen LogP contribution is -2.37. The Morgan fingerprint density at radius 1 is 0.929 bits per heavy atom. The molecule has 0 aliphatic heterocycles. The van der Waals surface area contributed by atoms with Gasteiger partial charge in [-0.2, -0.15) is 0 Å². The molecule has 2 amide bonds. The van der Waals surface area contributed by atoms with Gasteiger partial charge in [0, 0.05) is 10.4 Å². The predicted molar refractivity (Wildman–Crippen MR) is 112 cm³/mol. The minimum atomic E-state index is -0.202. The summed E-state index contributed by atoms with van der Waals surface area (Å²) in [6.45, 7) is 0.477. The Hall–Kier alpha value is -3.31. The summed E-state index contributed by atoms with van der Waals surface area (Å²) in [4.78, 5) is 13.7. The summed E-state index contributed by atoms with van der Waals surface area (Å²) in [6.07, 6.45) is 3.38. The van der Waals surface area contributed by atoms with Crippen LogP contribution in [0.2, 0.25) is 0 Å². The third-order valence-corrected chi connectivity index (χ3v) is 5.41. The zero-order chi connectivity index (χ0) is 19.2. The number of thiophene rings is 1. The maximum absolute atomic E-state index is 12.6. The Bertz CT molecular complexity index is 972. The molecule has 0 fully saturated rings. The van der Waals surface area contributed by atoms with Crippen molar-refractivity contribution in [2.24, 2.45) is 0 Å². The molecule has 0 saturated heterocycles. The highest BCUT2D eigenvalue weighted by Gasteiger charge is 2.16. The van der Waals surface area contributed by atoms with Crippen LogP contribution in [0.25, 0.3) is 11.1 Å². The standard InChI is InChI=1S/C23H20N2O2S/c26-23(24-14-21-13-20(16-28-21)19-11-12-27-15-19)25-22(17-7-3-1-4-8-17)18-9-5-2-6-10-18/h1-13,15-16,22H,14H2,(H2,24,25,26). The van der Waals surface area contributed by atoms with Crippen LogP contribution in [-0.2, 0) is 6.54 Å². The van der Waals surface area contributed by atoms with Crippen molar-refractivity contribution in [1.29, 1.82) is 0 Å². The van der Waals surface area contributed by atoms with Crippen molar-refractivity contribution in [3.63, 3.8) is 0 Å². The number of urea groups is 1. The molecule has 0 atom stereocenters. The minimum Gasteiger partial charge on any atom is -0.472 e. The lowest BCUT2D eigenvalue weighted by atomic mass is 9.99. The Labute approximate surface area is 167 Å². The van der Waals surface area contributed by atoms with Gasteiger partial charge in [-0.15, -0.1) is 11.3 Å². The summed E-state index contributed by atoms with van der Waals surface area (Å²) in [6, 6.07) is 23.6. The van der Waals surface area contributed by atoms with E-state index in [2.05, 4.69) is 22.1 Å². The van der Waals surface area contributed by atoms with Crippen molar-refractivity contribution in [2.75, 3.05) is 0 Å². The van der Waals surface area contributed by atoms with Gasteiger partial charge in [0.2, 0.25) is 0 Å². The van der Waals surface area contributed by atoms with Crippen LogP contribution in [0, 0.1) is 0 Å². The van der Waals surface area contributed by atoms with Gasteiger partial charge in [0.25, 0.3) is 0 Å². The first-order valence-electron chi connectivity index (χ1n) is 9.04. The van der Waals surface area contributed by atoms with Gasteiger partial charge in [-0.05, 0) is 34.2 Å². The van der Waals surface area contributed by atoms with E-state index in [4.69, 9.17) is 4.42 Å². The minimum absolute atomic E-state index is 0.198. The highest BCUT2D eigenvalue weighted by atomic mass is 32.1. The number of hydrogen-bond acceptors (Lipinski definition) is 3. The molecule has 28 heavy (non-hydrogen) atoms. The second-order valence-corrected chi connectivity index (χ2v) is 7.39. The summed E-state index contributed by atoms with van der Waals surface area (Å²) in [5.41, 5.74) is 4.23. The molecule has 2 aromatic heterocycles. The largest absolute Gasteiger partial charge is 0.472 e. The molecule has 0 aliphatic rings. The van der Waals surface area contributed by atoms with Crippen LogP contribution in [0.1, 0.15) is 22.0 Å². The molecule has 0 radical (unpaired) electrons. The highest BCUT2D eigenvalue weighted by molar-refractivity contribution is 7.10. The smallest absolute Gasteiger partial charge is 0.315 e. The molecule has 0 aliphatic carbocycles. The molecule has 4 aromatic rings. The van der Waals surface area contributed by atoms with Gasteiger partial charge in [0.05, 0.1) is 25.1 Å². The van der Waals surface area contributed by atoms with Crippen molar-refractivity contribution < 1.29 is 9.21 Å². The monoisotopic (exact) mass is 388 g/mol. The average molecular weight is 388 g/mol. The quantitative estimate of drug-likeness (QED) is 0.452. The maximum Gasteiger partial charge on any atom is 0.315 e. The molecule has 2 aromatic carbocycles. The van der Waals surface area contributed by atoms with Crippen LogP contribution in [0.5, 0.6) is 0 Å². The second-order valence-electron chi connectivity index (χ2n) is 6.40. The van der Waals surface area contributed by atoms with Gasteiger partial charge in [0.15, 0.2) is 0 Å². The van der Waals surface area contributed by atoms with Crippen LogP contribution in [0.15, 0.2) is 95.1 Å². The average Bonchev–Trinajstić information content (AvgIpc) is 3.43. The van der Waals surface area contributed by atoms with Gasteiger partial charge >= 0.3 is 6.03 Å². The lowest BCUT2D eigenvalue weighted by Gasteiger charge is -2.20. The van der Waals surface area contributed by atoms with Gasteiger partial charge in [-0.25, -0.2) is 4.79 Å². The number of benzene rings is 2. The Kier molecular flexibility index (Phi) is 5.54. The van der Waals surface area contributed by atoms with E-state index in [1.165, 1.54) is 0 Å². The third kappa shape index (κ3) is 4.32. The molecular weight excluding hydrogens is 368 g/mol. The molecular formula is C23H20N2O2S. The molecule has 140 valence electrons. The number of amides is 2. The fourth-order valence-electron chi connectivity index (χ4n) is 3.05. The van der Waals surface area contributed by atoms with Crippen molar-refractivity contribution in [3.05, 3.63) is 107 Å². The van der Waals surface area contributed by atoms with Gasteiger partial charge in [-0.1, -0.05) is 60.7 Å². The van der Waals surface area contributed by atoms with E-state index in [0.29, 0.717) is 6.54 Å².